The molecule has 0 fully saturated rings. The first-order valence-corrected chi connectivity index (χ1v) is 8.19. The quantitative estimate of drug-likeness (QED) is 0.946. The Morgan fingerprint density at radius 1 is 1.48 bits per heavy atom. The molecule has 112 valence electrons. The zero-order valence-corrected chi connectivity index (χ0v) is 13.5. The molecule has 0 bridgehead atoms. The third kappa shape index (κ3) is 2.72. The van der Waals surface area contributed by atoms with E-state index in [0.717, 1.165) is 47.9 Å². The molecule has 0 spiro atoms. The van der Waals surface area contributed by atoms with Crippen molar-refractivity contribution in [2.24, 2.45) is 0 Å². The zero-order valence-electron chi connectivity index (χ0n) is 12.6. The lowest BCUT2D eigenvalue weighted by molar-refractivity contribution is 0.0927. The maximum Gasteiger partial charge on any atom is 0.252 e. The van der Waals surface area contributed by atoms with Crippen LogP contribution in [-0.4, -0.2) is 26.7 Å². The van der Waals surface area contributed by atoms with E-state index >= 15 is 0 Å². The maximum absolute atomic E-state index is 12.4. The lowest BCUT2D eigenvalue weighted by atomic mass is 10.1. The molecule has 2 aromatic rings. The van der Waals surface area contributed by atoms with Gasteiger partial charge in [-0.3, -0.25) is 4.79 Å². The van der Waals surface area contributed by atoms with Gasteiger partial charge in [0.05, 0.1) is 5.56 Å². The molecule has 1 aliphatic rings. The molecule has 0 aromatic carbocycles. The van der Waals surface area contributed by atoms with E-state index in [4.69, 9.17) is 0 Å². The predicted molar refractivity (Wildman–Crippen MR) is 82.8 cm³/mol. The van der Waals surface area contributed by atoms with Crippen molar-refractivity contribution in [3.8, 4) is 0 Å². The van der Waals surface area contributed by atoms with Gasteiger partial charge < -0.3 is 9.88 Å². The van der Waals surface area contributed by atoms with Crippen molar-refractivity contribution in [1.29, 1.82) is 0 Å². The van der Waals surface area contributed by atoms with Gasteiger partial charge in [-0.2, -0.15) is 0 Å². The molecule has 1 N–H and O–H groups in total. The Morgan fingerprint density at radius 3 is 2.95 bits per heavy atom. The summed E-state index contributed by atoms with van der Waals surface area (Å²) in [5.74, 6) is 2.09. The van der Waals surface area contributed by atoms with Crippen molar-refractivity contribution in [2.75, 3.05) is 0 Å². The van der Waals surface area contributed by atoms with Crippen LogP contribution in [0.3, 0.4) is 0 Å². The Morgan fingerprint density at radius 2 is 2.29 bits per heavy atom. The molecule has 3 heterocycles. The maximum atomic E-state index is 12.4. The van der Waals surface area contributed by atoms with Gasteiger partial charge in [0.15, 0.2) is 0 Å². The van der Waals surface area contributed by atoms with Crippen molar-refractivity contribution < 1.29 is 4.79 Å². The number of hydrogen-bond acceptors (Lipinski definition) is 4. The van der Waals surface area contributed by atoms with E-state index in [1.165, 1.54) is 4.88 Å². The third-order valence-electron chi connectivity index (χ3n) is 3.96. The minimum atomic E-state index is 0.0384. The van der Waals surface area contributed by atoms with Gasteiger partial charge in [0.1, 0.15) is 11.6 Å². The summed E-state index contributed by atoms with van der Waals surface area (Å²) in [6.07, 6.45) is 2.67. The van der Waals surface area contributed by atoms with Gasteiger partial charge in [-0.05, 0) is 26.3 Å². The van der Waals surface area contributed by atoms with Crippen LogP contribution < -0.4 is 5.32 Å². The standard InChI is InChI=1S/C15H20N4OS/c1-4-13-17-18-14-6-5-11(8-19(13)14)16-15(20)12-7-9(2)21-10(12)3/h7,11H,4-6,8H2,1-3H3,(H,16,20)/t11-/m0/s1. The van der Waals surface area contributed by atoms with Crippen LogP contribution in [0.15, 0.2) is 6.07 Å². The highest BCUT2D eigenvalue weighted by atomic mass is 32.1. The minimum absolute atomic E-state index is 0.0384. The monoisotopic (exact) mass is 304 g/mol. The van der Waals surface area contributed by atoms with Gasteiger partial charge in [0.25, 0.3) is 5.91 Å². The van der Waals surface area contributed by atoms with Crippen molar-refractivity contribution in [3.05, 3.63) is 33.0 Å². The summed E-state index contributed by atoms with van der Waals surface area (Å²) < 4.78 is 2.15. The number of fused-ring (bicyclic) bond motifs is 1. The van der Waals surface area contributed by atoms with Crippen molar-refractivity contribution >= 4 is 17.2 Å². The number of nitrogens with one attached hydrogen (secondary N) is 1. The fourth-order valence-electron chi connectivity index (χ4n) is 2.88. The van der Waals surface area contributed by atoms with E-state index in [-0.39, 0.29) is 11.9 Å². The Labute approximate surface area is 128 Å². The van der Waals surface area contributed by atoms with Crippen LogP contribution in [0, 0.1) is 13.8 Å². The molecule has 0 saturated carbocycles. The second kappa shape index (κ2) is 5.60. The van der Waals surface area contributed by atoms with Crippen LogP contribution in [0.5, 0.6) is 0 Å². The second-order valence-corrected chi connectivity index (χ2v) is 6.99. The zero-order chi connectivity index (χ0) is 15.0. The van der Waals surface area contributed by atoms with Gasteiger partial charge in [-0.1, -0.05) is 6.92 Å². The Bertz CT molecular complexity index is 660. The first kappa shape index (κ1) is 14.3. The molecule has 6 heteroatoms. The SMILES string of the molecule is CCc1nnc2n1C[C@@H](NC(=O)c1cc(C)sc1C)CC2. The smallest absolute Gasteiger partial charge is 0.252 e. The minimum Gasteiger partial charge on any atom is -0.347 e. The van der Waals surface area contributed by atoms with Crippen LogP contribution in [0.4, 0.5) is 0 Å². The molecule has 3 rings (SSSR count). The molecule has 1 atom stereocenters. The third-order valence-corrected chi connectivity index (χ3v) is 4.93. The highest BCUT2D eigenvalue weighted by Crippen LogP contribution is 2.21. The summed E-state index contributed by atoms with van der Waals surface area (Å²) in [6.45, 7) is 6.89. The largest absolute Gasteiger partial charge is 0.347 e. The number of aryl methyl sites for hydroxylation is 4. The number of thiophene rings is 1. The van der Waals surface area contributed by atoms with Crippen LogP contribution >= 0.6 is 11.3 Å². The number of aromatic nitrogens is 3. The first-order chi connectivity index (χ1) is 10.1. The van der Waals surface area contributed by atoms with E-state index in [1.54, 1.807) is 11.3 Å². The number of carbonyl (C=O) groups excluding carboxylic acids is 1. The summed E-state index contributed by atoms with van der Waals surface area (Å²) in [5.41, 5.74) is 0.808. The molecule has 0 aliphatic carbocycles. The second-order valence-electron chi connectivity index (χ2n) is 5.53. The summed E-state index contributed by atoms with van der Waals surface area (Å²) in [7, 11) is 0. The number of amides is 1. The Kier molecular flexibility index (Phi) is 3.80. The van der Waals surface area contributed by atoms with E-state index in [2.05, 4.69) is 27.0 Å². The molecule has 5 nitrogen and oxygen atoms in total. The van der Waals surface area contributed by atoms with Gasteiger partial charge in [-0.25, -0.2) is 0 Å². The van der Waals surface area contributed by atoms with Crippen molar-refractivity contribution in [2.45, 2.75) is 52.6 Å². The molecule has 0 radical (unpaired) electrons. The molecule has 0 saturated heterocycles. The molecule has 1 amide bonds. The predicted octanol–water partition coefficient (Wildman–Crippen LogP) is 2.26. The lowest BCUT2D eigenvalue weighted by Gasteiger charge is -2.25. The van der Waals surface area contributed by atoms with Gasteiger partial charge >= 0.3 is 0 Å². The Hall–Kier alpha value is -1.69. The van der Waals surface area contributed by atoms with Crippen LogP contribution in [0.2, 0.25) is 0 Å². The average Bonchev–Trinajstić information content (AvgIpc) is 3.01. The number of hydrogen-bond donors (Lipinski definition) is 1. The summed E-state index contributed by atoms with van der Waals surface area (Å²) in [5, 5.41) is 11.6. The van der Waals surface area contributed by atoms with E-state index in [1.807, 2.05) is 19.9 Å². The fourth-order valence-corrected chi connectivity index (χ4v) is 3.80. The molecular formula is C15H20N4OS. The summed E-state index contributed by atoms with van der Waals surface area (Å²) in [6, 6.07) is 2.13. The topological polar surface area (TPSA) is 59.8 Å². The van der Waals surface area contributed by atoms with Crippen LogP contribution in [0.25, 0.3) is 0 Å². The van der Waals surface area contributed by atoms with E-state index in [9.17, 15) is 4.79 Å². The van der Waals surface area contributed by atoms with E-state index < -0.39 is 0 Å². The highest BCUT2D eigenvalue weighted by Gasteiger charge is 2.24. The number of nitrogens with zero attached hydrogens (tertiary/aromatic N) is 3. The number of rotatable bonds is 3. The van der Waals surface area contributed by atoms with E-state index in [0.29, 0.717) is 0 Å². The van der Waals surface area contributed by atoms with Crippen molar-refractivity contribution in [1.82, 2.24) is 20.1 Å². The molecule has 1 aliphatic heterocycles. The Balaban J connectivity index is 1.72. The fraction of sp³-hybridized carbons (Fsp3) is 0.533. The van der Waals surface area contributed by atoms with Gasteiger partial charge in [-0.15, -0.1) is 21.5 Å². The van der Waals surface area contributed by atoms with Crippen molar-refractivity contribution in [3.63, 3.8) is 0 Å². The molecular weight excluding hydrogens is 284 g/mol. The summed E-state index contributed by atoms with van der Waals surface area (Å²) in [4.78, 5) is 14.7. The van der Waals surface area contributed by atoms with Gasteiger partial charge in [0, 0.05) is 35.2 Å². The van der Waals surface area contributed by atoms with Crippen LogP contribution in [0.1, 0.15) is 45.1 Å². The average molecular weight is 304 g/mol. The molecule has 21 heavy (non-hydrogen) atoms. The van der Waals surface area contributed by atoms with Gasteiger partial charge in [0.2, 0.25) is 0 Å². The summed E-state index contributed by atoms with van der Waals surface area (Å²) >= 11 is 1.67. The van der Waals surface area contributed by atoms with Crippen LogP contribution in [-0.2, 0) is 19.4 Å². The molecule has 2 aromatic heterocycles. The highest BCUT2D eigenvalue weighted by molar-refractivity contribution is 7.12. The number of carbonyl (C=O) groups is 1. The first-order valence-electron chi connectivity index (χ1n) is 7.37. The molecule has 0 unspecified atom stereocenters. The lowest BCUT2D eigenvalue weighted by Crippen LogP contribution is -2.41. The normalized spacial score (nSPS) is 17.6.